The minimum absolute atomic E-state index is 0.107. The Kier molecular flexibility index (Phi) is 3.53. The highest BCUT2D eigenvalue weighted by Crippen LogP contribution is 2.32. The molecule has 1 saturated carbocycles. The normalized spacial score (nSPS) is 18.1. The number of hydrogen-bond acceptors (Lipinski definition) is 4. The molecule has 1 aromatic carbocycles. The van der Waals surface area contributed by atoms with Crippen molar-refractivity contribution in [2.45, 2.75) is 38.4 Å². The smallest absolute Gasteiger partial charge is 0.237 e. The summed E-state index contributed by atoms with van der Waals surface area (Å²) in [5.74, 6) is 1.68. The summed E-state index contributed by atoms with van der Waals surface area (Å²) in [5.41, 5.74) is 1.11. The summed E-state index contributed by atoms with van der Waals surface area (Å²) in [5, 5.41) is 3.04. The van der Waals surface area contributed by atoms with E-state index >= 15 is 0 Å². The second-order valence-corrected chi connectivity index (χ2v) is 5.56. The molecule has 3 rings (SSSR count). The Morgan fingerprint density at radius 2 is 2.15 bits per heavy atom. The molecule has 1 aliphatic heterocycles. The Balaban J connectivity index is 1.59. The van der Waals surface area contributed by atoms with Crippen LogP contribution in [0.2, 0.25) is 0 Å². The Hall–Kier alpha value is -1.75. The molecule has 1 fully saturated rings. The molecule has 1 atom stereocenters. The average Bonchev–Trinajstić information content (AvgIpc) is 3.12. The lowest BCUT2D eigenvalue weighted by Gasteiger charge is -2.24. The van der Waals surface area contributed by atoms with E-state index < -0.39 is 0 Å². The van der Waals surface area contributed by atoms with Crippen LogP contribution in [0.4, 0.5) is 0 Å². The highest BCUT2D eigenvalue weighted by Gasteiger charge is 2.27. The van der Waals surface area contributed by atoms with Crippen molar-refractivity contribution in [3.05, 3.63) is 23.8 Å². The highest BCUT2D eigenvalue weighted by atomic mass is 16.7. The number of fused-ring (bicyclic) bond motifs is 1. The van der Waals surface area contributed by atoms with Crippen LogP contribution < -0.4 is 14.8 Å². The second-order valence-electron chi connectivity index (χ2n) is 5.56. The second kappa shape index (κ2) is 5.32. The van der Waals surface area contributed by atoms with E-state index in [4.69, 9.17) is 9.47 Å². The van der Waals surface area contributed by atoms with E-state index in [1.54, 1.807) is 0 Å². The van der Waals surface area contributed by atoms with E-state index in [9.17, 15) is 4.79 Å². The summed E-state index contributed by atoms with van der Waals surface area (Å²) in [7, 11) is 1.96. The Labute approximate surface area is 118 Å². The fraction of sp³-hybridized carbons (Fsp3) is 0.533. The number of amides is 1. The molecular formula is C15H20N2O3. The zero-order valence-corrected chi connectivity index (χ0v) is 11.9. The minimum Gasteiger partial charge on any atom is -0.454 e. The molecule has 1 N–H and O–H groups in total. The molecule has 20 heavy (non-hydrogen) atoms. The van der Waals surface area contributed by atoms with E-state index in [-0.39, 0.29) is 18.7 Å². The van der Waals surface area contributed by atoms with E-state index in [0.717, 1.165) is 29.9 Å². The van der Waals surface area contributed by atoms with Gasteiger partial charge in [0.1, 0.15) is 0 Å². The quantitative estimate of drug-likeness (QED) is 0.886. The molecule has 0 spiro atoms. The van der Waals surface area contributed by atoms with Gasteiger partial charge in [0, 0.05) is 12.6 Å². The lowest BCUT2D eigenvalue weighted by atomic mass is 10.1. The van der Waals surface area contributed by atoms with Gasteiger partial charge in [-0.3, -0.25) is 9.69 Å². The van der Waals surface area contributed by atoms with Crippen LogP contribution in [0, 0.1) is 0 Å². The first-order valence-corrected chi connectivity index (χ1v) is 7.02. The largest absolute Gasteiger partial charge is 0.454 e. The summed E-state index contributed by atoms with van der Waals surface area (Å²) in [4.78, 5) is 14.1. The third kappa shape index (κ3) is 2.88. The summed E-state index contributed by atoms with van der Waals surface area (Å²) >= 11 is 0. The Morgan fingerprint density at radius 3 is 2.90 bits per heavy atom. The fourth-order valence-corrected chi connectivity index (χ4v) is 2.21. The molecular weight excluding hydrogens is 256 g/mol. The van der Waals surface area contributed by atoms with E-state index in [0.29, 0.717) is 12.6 Å². The van der Waals surface area contributed by atoms with Crippen molar-refractivity contribution < 1.29 is 14.3 Å². The van der Waals surface area contributed by atoms with Crippen molar-refractivity contribution in [3.8, 4) is 11.5 Å². The van der Waals surface area contributed by atoms with E-state index in [1.807, 2.05) is 37.1 Å². The first-order valence-electron chi connectivity index (χ1n) is 7.02. The van der Waals surface area contributed by atoms with Gasteiger partial charge >= 0.3 is 0 Å². The number of nitrogens with zero attached hydrogens (tertiary/aromatic N) is 1. The Bertz CT molecular complexity index is 514. The van der Waals surface area contributed by atoms with Gasteiger partial charge in [-0.15, -0.1) is 0 Å². The van der Waals surface area contributed by atoms with Crippen LogP contribution in [0.25, 0.3) is 0 Å². The molecule has 0 aromatic heterocycles. The van der Waals surface area contributed by atoms with Crippen LogP contribution in [0.15, 0.2) is 18.2 Å². The van der Waals surface area contributed by atoms with Gasteiger partial charge < -0.3 is 14.8 Å². The lowest BCUT2D eigenvalue weighted by molar-refractivity contribution is -0.125. The molecule has 1 amide bonds. The van der Waals surface area contributed by atoms with Crippen molar-refractivity contribution >= 4 is 5.91 Å². The van der Waals surface area contributed by atoms with Gasteiger partial charge in [-0.05, 0) is 44.5 Å². The number of benzene rings is 1. The number of ether oxygens (including phenoxy) is 2. The molecule has 0 unspecified atom stereocenters. The van der Waals surface area contributed by atoms with Crippen molar-refractivity contribution in [2.75, 3.05) is 13.8 Å². The molecule has 5 nitrogen and oxygen atoms in total. The van der Waals surface area contributed by atoms with E-state index in [1.165, 1.54) is 0 Å². The van der Waals surface area contributed by atoms with Gasteiger partial charge in [0.25, 0.3) is 0 Å². The van der Waals surface area contributed by atoms with Crippen LogP contribution in [0.1, 0.15) is 25.3 Å². The fourth-order valence-electron chi connectivity index (χ4n) is 2.21. The van der Waals surface area contributed by atoms with Crippen molar-refractivity contribution in [2.24, 2.45) is 0 Å². The van der Waals surface area contributed by atoms with Gasteiger partial charge in [-0.1, -0.05) is 6.07 Å². The van der Waals surface area contributed by atoms with Gasteiger partial charge in [0.15, 0.2) is 11.5 Å². The van der Waals surface area contributed by atoms with Crippen LogP contribution >= 0.6 is 0 Å². The summed E-state index contributed by atoms with van der Waals surface area (Å²) in [6.45, 7) is 2.93. The zero-order chi connectivity index (χ0) is 14.1. The summed E-state index contributed by atoms with van der Waals surface area (Å²) in [6, 6.07) is 6.17. The standard InChI is InChI=1S/C15H20N2O3/c1-10(15(18)16-12-4-5-12)17(2)8-11-3-6-13-14(7-11)20-9-19-13/h3,6-7,10,12H,4-5,8-9H2,1-2H3,(H,16,18)/t10-/m0/s1. The third-order valence-corrected chi connectivity index (χ3v) is 3.83. The van der Waals surface area contributed by atoms with Gasteiger partial charge in [-0.25, -0.2) is 0 Å². The number of carbonyl (C=O) groups is 1. The number of likely N-dealkylation sites (N-methyl/N-ethyl adjacent to an activating group) is 1. The van der Waals surface area contributed by atoms with Crippen LogP contribution in [0.3, 0.4) is 0 Å². The average molecular weight is 276 g/mol. The van der Waals surface area contributed by atoms with Crippen LogP contribution in [-0.4, -0.2) is 36.7 Å². The van der Waals surface area contributed by atoms with Crippen molar-refractivity contribution in [3.63, 3.8) is 0 Å². The number of carbonyl (C=O) groups excluding carboxylic acids is 1. The molecule has 1 heterocycles. The lowest BCUT2D eigenvalue weighted by Crippen LogP contribution is -2.43. The van der Waals surface area contributed by atoms with E-state index in [2.05, 4.69) is 5.32 Å². The maximum Gasteiger partial charge on any atom is 0.237 e. The molecule has 108 valence electrons. The number of hydrogen-bond donors (Lipinski definition) is 1. The SMILES string of the molecule is C[C@@H](C(=O)NC1CC1)N(C)Cc1ccc2c(c1)OCO2. The molecule has 2 aliphatic rings. The minimum atomic E-state index is -0.138. The topological polar surface area (TPSA) is 50.8 Å². The van der Waals surface area contributed by atoms with Crippen LogP contribution in [-0.2, 0) is 11.3 Å². The highest BCUT2D eigenvalue weighted by molar-refractivity contribution is 5.81. The molecule has 0 bridgehead atoms. The molecule has 5 heteroatoms. The summed E-state index contributed by atoms with van der Waals surface area (Å²) in [6.07, 6.45) is 2.23. The molecule has 1 aliphatic carbocycles. The first kappa shape index (κ1) is 13.2. The molecule has 0 radical (unpaired) electrons. The predicted molar refractivity (Wildman–Crippen MR) is 74.7 cm³/mol. The van der Waals surface area contributed by atoms with Gasteiger partial charge in [0.2, 0.25) is 12.7 Å². The Morgan fingerprint density at radius 1 is 1.40 bits per heavy atom. The van der Waals surface area contributed by atoms with Crippen molar-refractivity contribution in [1.82, 2.24) is 10.2 Å². The maximum absolute atomic E-state index is 12.0. The van der Waals surface area contributed by atoms with Crippen LogP contribution in [0.5, 0.6) is 11.5 Å². The van der Waals surface area contributed by atoms with Crippen molar-refractivity contribution in [1.29, 1.82) is 0 Å². The predicted octanol–water partition coefficient (Wildman–Crippen LogP) is 1.51. The summed E-state index contributed by atoms with van der Waals surface area (Å²) < 4.78 is 10.7. The van der Waals surface area contributed by atoms with Gasteiger partial charge in [-0.2, -0.15) is 0 Å². The zero-order valence-electron chi connectivity index (χ0n) is 11.9. The number of nitrogens with one attached hydrogen (secondary N) is 1. The first-order chi connectivity index (χ1) is 9.63. The monoisotopic (exact) mass is 276 g/mol. The molecule has 0 saturated heterocycles. The van der Waals surface area contributed by atoms with Gasteiger partial charge in [0.05, 0.1) is 6.04 Å². The number of rotatable bonds is 5. The third-order valence-electron chi connectivity index (χ3n) is 3.83. The maximum atomic E-state index is 12.0. The molecule has 1 aromatic rings.